The fourth-order valence-corrected chi connectivity index (χ4v) is 14.7. The van der Waals surface area contributed by atoms with Crippen LogP contribution in [0.5, 0.6) is 0 Å². The van der Waals surface area contributed by atoms with Crippen LogP contribution in [0.25, 0.3) is 0 Å². The minimum Gasteiger partial charge on any atom is -0.481 e. The first-order chi connectivity index (χ1) is 37.3. The summed E-state index contributed by atoms with van der Waals surface area (Å²) in [6, 6.07) is 6.75. The quantitative estimate of drug-likeness (QED) is 0.0532. The van der Waals surface area contributed by atoms with Crippen molar-refractivity contribution in [2.45, 2.75) is 231 Å². The number of aliphatic carboxylic acids is 1. The third-order valence-corrected chi connectivity index (χ3v) is 30.0. The molecule has 0 aliphatic rings. The van der Waals surface area contributed by atoms with Gasteiger partial charge < -0.3 is 24.2 Å². The van der Waals surface area contributed by atoms with Gasteiger partial charge in [0.25, 0.3) is 0 Å². The number of carbonyl (C=O) groups is 2. The predicted molar refractivity (Wildman–Crippen MR) is 330 cm³/mol. The van der Waals surface area contributed by atoms with Crippen molar-refractivity contribution in [1.29, 1.82) is 10.5 Å². The molecule has 2 aromatic heterocycles. The third kappa shape index (κ3) is 20.8. The van der Waals surface area contributed by atoms with Gasteiger partial charge in [0, 0.05) is 6.42 Å². The van der Waals surface area contributed by atoms with Gasteiger partial charge in [0.1, 0.15) is 55.0 Å². The van der Waals surface area contributed by atoms with E-state index in [1.54, 1.807) is 27.7 Å². The molecule has 5 N–H and O–H groups in total. The van der Waals surface area contributed by atoms with E-state index < -0.39 is 76.8 Å². The van der Waals surface area contributed by atoms with Crippen molar-refractivity contribution in [3.8, 4) is 12.1 Å². The van der Waals surface area contributed by atoms with E-state index in [0.717, 1.165) is 28.2 Å². The molecular weight excluding hydrogens is 1180 g/mol. The van der Waals surface area contributed by atoms with E-state index in [2.05, 4.69) is 64.6 Å². The maximum absolute atomic E-state index is 15.3. The van der Waals surface area contributed by atoms with Gasteiger partial charge in [-0.05, 0) is 146 Å². The molecule has 0 fully saturated rings. The lowest BCUT2D eigenvalue weighted by Gasteiger charge is -2.36. The first-order valence-corrected chi connectivity index (χ1v) is 38.2. The molecule has 0 unspecified atom stereocenters. The summed E-state index contributed by atoms with van der Waals surface area (Å²) in [4.78, 5) is 33.1. The number of nitrogens with two attached hydrogens (primary N) is 1. The number of nitriles is 2. The number of benzene rings is 2. The van der Waals surface area contributed by atoms with Gasteiger partial charge in [-0.15, -0.1) is 22.7 Å². The van der Waals surface area contributed by atoms with E-state index in [1.807, 2.05) is 66.8 Å². The number of Topliss-reactive ketones (excluding diaryl/α,β-unsaturated/α-hetero) is 1. The van der Waals surface area contributed by atoms with E-state index in [9.17, 15) is 46.3 Å². The Morgan fingerprint density at radius 3 is 1.28 bits per heavy atom. The molecule has 16 nitrogen and oxygen atoms in total. The number of sulfonamides is 1. The molecule has 24 heteroatoms. The Morgan fingerprint density at radius 1 is 0.651 bits per heavy atom. The topological polar surface area (TPSA) is 281 Å². The second-order valence-electron chi connectivity index (χ2n) is 26.6. The maximum Gasteiger partial charge on any atom is 0.307 e. The van der Waals surface area contributed by atoms with E-state index in [1.165, 1.54) is 26.0 Å². The summed E-state index contributed by atoms with van der Waals surface area (Å²) < 4.78 is 92.6. The highest BCUT2D eigenvalue weighted by atomic mass is 32.2. The number of rotatable bonds is 22. The number of thiazole rings is 2. The number of ketones is 1. The summed E-state index contributed by atoms with van der Waals surface area (Å²) in [7, 11) is -12.4. The number of primary sulfonamides is 1. The summed E-state index contributed by atoms with van der Waals surface area (Å²) in [6.07, 6.45) is 0.669. The molecule has 0 saturated heterocycles. The Bertz CT molecular complexity index is 3280. The van der Waals surface area contributed by atoms with Gasteiger partial charge in [-0.25, -0.2) is 40.7 Å². The van der Waals surface area contributed by atoms with Crippen LogP contribution in [-0.2, 0) is 88.4 Å². The Labute approximate surface area is 503 Å². The number of aromatic nitrogens is 2. The second kappa shape index (κ2) is 28.5. The van der Waals surface area contributed by atoms with E-state index >= 15 is 4.39 Å². The number of aliphatic hydroxyl groups is 2. The van der Waals surface area contributed by atoms with Crippen molar-refractivity contribution in [3.05, 3.63) is 89.7 Å². The number of hydrogen-bond acceptors (Lipinski definition) is 16. The first-order valence-electron chi connectivity index (χ1n) is 27.5. The lowest BCUT2D eigenvalue weighted by Crippen LogP contribution is -2.40. The highest BCUT2D eigenvalue weighted by Gasteiger charge is 2.40. The summed E-state index contributed by atoms with van der Waals surface area (Å²) in [6.45, 7) is 42.1. The molecule has 0 aliphatic heterocycles. The Morgan fingerprint density at radius 2 is 0.988 bits per heavy atom. The van der Waals surface area contributed by atoms with Gasteiger partial charge in [0.2, 0.25) is 10.0 Å². The minimum absolute atomic E-state index is 0.00140. The van der Waals surface area contributed by atoms with Crippen LogP contribution in [0.1, 0.15) is 202 Å². The average Bonchev–Trinajstić information content (AvgIpc) is 4.10. The van der Waals surface area contributed by atoms with Crippen LogP contribution in [0.2, 0.25) is 36.3 Å². The summed E-state index contributed by atoms with van der Waals surface area (Å²) >= 11 is 1.74. The molecular formula is C59H91F2N5O11S4Si2. The number of carbonyl (C=O) groups excluding carboxylic acids is 1. The zero-order valence-corrected chi connectivity index (χ0v) is 58.0. The van der Waals surface area contributed by atoms with Crippen molar-refractivity contribution < 1.29 is 59.4 Å². The van der Waals surface area contributed by atoms with Crippen LogP contribution in [0.4, 0.5) is 8.78 Å². The number of sulfone groups is 1. The highest BCUT2D eigenvalue weighted by molar-refractivity contribution is 7.94. The van der Waals surface area contributed by atoms with Gasteiger partial charge >= 0.3 is 5.97 Å². The van der Waals surface area contributed by atoms with E-state index in [0.29, 0.717) is 46.0 Å². The SMILES string of the molecule is CC(C)(O)c1nc(CO[Si](C)(C)C(C)(C)C)c(S(N)(=O)=O)s1.CC(C)Cc1cc(C#N)c(F)c(C(C)C)c1CC(=O)CS(=O)(=O)c1sc(C(C)(C)O)nc1CO[Si](C)(C)C(C)(C)C.CC(C)Cc1cc(C#N)c(F)c(C(C)C)c1CC(=O)O. The van der Waals surface area contributed by atoms with Crippen molar-refractivity contribution in [3.63, 3.8) is 0 Å². The number of carboxylic acid groups (broad SMARTS) is 1. The van der Waals surface area contributed by atoms with Crippen LogP contribution in [0.3, 0.4) is 0 Å². The van der Waals surface area contributed by atoms with Crippen molar-refractivity contribution >= 4 is 70.9 Å². The van der Waals surface area contributed by atoms with Crippen LogP contribution < -0.4 is 5.14 Å². The monoisotopic (exact) mass is 1270 g/mol. The molecule has 2 aromatic carbocycles. The Balaban J connectivity index is 0.000000470. The zero-order valence-electron chi connectivity index (χ0n) is 52.8. The normalized spacial score (nSPS) is 13.0. The predicted octanol–water partition coefficient (Wildman–Crippen LogP) is 13.0. The molecule has 4 rings (SSSR count). The number of carboxylic acids is 1. The smallest absolute Gasteiger partial charge is 0.307 e. The molecule has 2 heterocycles. The van der Waals surface area contributed by atoms with Gasteiger partial charge in [0.15, 0.2) is 36.5 Å². The molecule has 0 aliphatic carbocycles. The highest BCUT2D eigenvalue weighted by Crippen LogP contribution is 2.41. The zero-order chi connectivity index (χ0) is 64.7. The van der Waals surface area contributed by atoms with Gasteiger partial charge in [-0.1, -0.05) is 96.9 Å². The molecule has 4 aromatic rings. The largest absolute Gasteiger partial charge is 0.481 e. The molecule has 0 spiro atoms. The van der Waals surface area contributed by atoms with E-state index in [-0.39, 0.29) is 95.4 Å². The van der Waals surface area contributed by atoms with Crippen molar-refractivity contribution in [2.75, 3.05) is 5.75 Å². The molecule has 0 saturated carbocycles. The molecule has 464 valence electrons. The van der Waals surface area contributed by atoms with Crippen molar-refractivity contribution in [1.82, 2.24) is 9.97 Å². The summed E-state index contributed by atoms with van der Waals surface area (Å²) in [5, 5.41) is 53.9. The molecule has 0 amide bonds. The lowest BCUT2D eigenvalue weighted by atomic mass is 9.85. The van der Waals surface area contributed by atoms with Gasteiger partial charge in [0.05, 0.1) is 42.1 Å². The molecule has 0 bridgehead atoms. The number of nitrogens with zero attached hydrogens (tertiary/aromatic N) is 4. The minimum atomic E-state index is -4.16. The number of halogens is 2. The van der Waals surface area contributed by atoms with Gasteiger partial charge in [-0.3, -0.25) is 9.59 Å². The summed E-state index contributed by atoms with van der Waals surface area (Å²) in [5.41, 5.74) is 0.825. The standard InChI is InChI=1S/C30H45FN2O5S2Si.C16H20FNO2.C13H26N2O4S2Si/c1-18(2)12-20-13-21(15-32)26(31)25(19(3)4)23(20)14-22(34)17-40(36,37)27-24(33-28(39-27)30(8,9)35)16-38-41(10,11)29(5,6)7;1-9(2)5-11-6-12(8-18)16(17)15(10(3)4)13(11)7-14(19)20;1-12(2,3)22(6,7)19-8-9-10(21(14,17)18)20-11(15-9)13(4,5)16/h13,18-19,35H,12,14,16-17H2,1-11H3;6,9-10H,5,7H2,1-4H3,(H,19,20);16H,8H2,1-7H3,(H2,14,17,18). The molecule has 83 heavy (non-hydrogen) atoms. The fourth-order valence-electron chi connectivity index (χ4n) is 8.03. The lowest BCUT2D eigenvalue weighted by molar-refractivity contribution is -0.136. The van der Waals surface area contributed by atoms with Crippen LogP contribution >= 0.6 is 22.7 Å². The first kappa shape index (κ1) is 74.9. The van der Waals surface area contributed by atoms with E-state index in [4.69, 9.17) is 24.4 Å². The Hall–Kier alpha value is -4.19. The fraction of sp³-hybridized carbons (Fsp3) is 0.627. The van der Waals surface area contributed by atoms with Crippen LogP contribution in [0.15, 0.2) is 20.6 Å². The number of hydrogen-bond donors (Lipinski definition) is 4. The summed E-state index contributed by atoms with van der Waals surface area (Å²) in [5.74, 6) is -3.61. The van der Waals surface area contributed by atoms with Crippen LogP contribution in [0, 0.1) is 46.1 Å². The Kier molecular flexibility index (Phi) is 25.8. The third-order valence-electron chi connectivity index (χ3n) is 14.4. The van der Waals surface area contributed by atoms with Crippen LogP contribution in [-0.4, -0.2) is 76.3 Å². The van der Waals surface area contributed by atoms with Gasteiger partial charge in [-0.2, -0.15) is 10.5 Å². The van der Waals surface area contributed by atoms with Crippen molar-refractivity contribution in [2.24, 2.45) is 17.0 Å². The average molecular weight is 1270 g/mol. The maximum atomic E-state index is 15.3. The second-order valence-corrected chi connectivity index (χ2v) is 42.2. The molecule has 0 radical (unpaired) electrons. The molecule has 0 atom stereocenters.